The molecule has 2 amide bonds. The maximum Gasteiger partial charge on any atom is 0.325 e. The molecule has 2 aliphatic rings. The summed E-state index contributed by atoms with van der Waals surface area (Å²) in [5.41, 5.74) is 1.50. The first-order valence-corrected chi connectivity index (χ1v) is 11.3. The molecular weight excluding hydrogens is 457 g/mol. The number of rotatable bonds is 6. The highest BCUT2D eigenvalue weighted by Gasteiger charge is 2.28. The van der Waals surface area contributed by atoms with Crippen molar-refractivity contribution in [3.8, 4) is 0 Å². The van der Waals surface area contributed by atoms with E-state index in [-0.39, 0.29) is 17.7 Å². The fourth-order valence-corrected chi connectivity index (χ4v) is 4.27. The van der Waals surface area contributed by atoms with Gasteiger partial charge >= 0.3 is 5.97 Å². The highest BCUT2D eigenvalue weighted by atomic mass is 35.5. The summed E-state index contributed by atoms with van der Waals surface area (Å²) in [5.74, 6) is -1.84. The lowest BCUT2D eigenvalue weighted by molar-refractivity contribution is -0.142. The topological polar surface area (TPSA) is 99.2 Å². The maximum atomic E-state index is 12.6. The number of nitrogens with one attached hydrogen (secondary N) is 1. The van der Waals surface area contributed by atoms with Crippen LogP contribution in [0.25, 0.3) is 6.08 Å². The van der Waals surface area contributed by atoms with Gasteiger partial charge in [-0.2, -0.15) is 0 Å². The van der Waals surface area contributed by atoms with Gasteiger partial charge < -0.3 is 25.0 Å². The number of piperidine rings is 1. The molecule has 8 nitrogen and oxygen atoms in total. The van der Waals surface area contributed by atoms with E-state index in [1.165, 1.54) is 13.0 Å². The minimum Gasteiger partial charge on any atom is -0.480 e. The number of halogens is 2. The van der Waals surface area contributed by atoms with Crippen LogP contribution in [0, 0.1) is 5.92 Å². The van der Waals surface area contributed by atoms with Gasteiger partial charge in [-0.15, -0.1) is 0 Å². The van der Waals surface area contributed by atoms with Gasteiger partial charge in [0, 0.05) is 38.2 Å². The second kappa shape index (κ2) is 11.0. The van der Waals surface area contributed by atoms with Crippen LogP contribution in [0.4, 0.5) is 5.69 Å². The normalized spacial score (nSPS) is 18.6. The van der Waals surface area contributed by atoms with E-state index in [9.17, 15) is 14.4 Å². The largest absolute Gasteiger partial charge is 0.480 e. The minimum atomic E-state index is -1.08. The lowest BCUT2D eigenvalue weighted by atomic mass is 9.95. The first-order chi connectivity index (χ1) is 15.3. The molecule has 3 rings (SSSR count). The molecule has 2 N–H and O–H groups in total. The molecule has 2 fully saturated rings. The Morgan fingerprint density at radius 2 is 1.78 bits per heavy atom. The second-order valence-electron chi connectivity index (χ2n) is 7.90. The molecule has 0 aromatic heterocycles. The number of carboxylic acid groups (broad SMARTS) is 1. The Morgan fingerprint density at radius 1 is 1.12 bits per heavy atom. The standard InChI is InChI=1S/C22H27Cl2N3O5/c1-14(22(30)31)25-21(29)16-6-8-27(9-7-16)18(28)5-3-15-2-4-17(20(24)19(15)23)26-10-12-32-13-11-26/h2-5,14,16H,6-13H2,1H3,(H,25,29)(H,30,31). The Hall–Kier alpha value is -2.29. The summed E-state index contributed by atoms with van der Waals surface area (Å²) < 4.78 is 5.37. The van der Waals surface area contributed by atoms with Crippen molar-refractivity contribution >= 4 is 52.7 Å². The molecule has 1 atom stereocenters. The van der Waals surface area contributed by atoms with Crippen molar-refractivity contribution in [2.75, 3.05) is 44.3 Å². The predicted octanol–water partition coefficient (Wildman–Crippen LogP) is 2.67. The monoisotopic (exact) mass is 483 g/mol. The van der Waals surface area contributed by atoms with E-state index in [2.05, 4.69) is 10.2 Å². The Bertz CT molecular complexity index is 894. The number of benzene rings is 1. The number of likely N-dealkylation sites (tertiary alicyclic amines) is 1. The zero-order valence-corrected chi connectivity index (χ0v) is 19.4. The predicted molar refractivity (Wildman–Crippen MR) is 123 cm³/mol. The van der Waals surface area contributed by atoms with E-state index < -0.39 is 12.0 Å². The molecular formula is C22H27Cl2N3O5. The third kappa shape index (κ3) is 5.94. The molecule has 10 heteroatoms. The number of morpholine rings is 1. The van der Waals surface area contributed by atoms with E-state index >= 15 is 0 Å². The number of hydrogen-bond donors (Lipinski definition) is 2. The molecule has 1 unspecified atom stereocenters. The van der Waals surface area contributed by atoms with Gasteiger partial charge in [0.1, 0.15) is 6.04 Å². The second-order valence-corrected chi connectivity index (χ2v) is 8.66. The molecule has 174 valence electrons. The molecule has 32 heavy (non-hydrogen) atoms. The molecule has 0 radical (unpaired) electrons. The number of anilines is 1. The SMILES string of the molecule is CC(NC(=O)C1CCN(C(=O)C=Cc2ccc(N3CCOCC3)c(Cl)c2Cl)CC1)C(=O)O. The van der Waals surface area contributed by atoms with Crippen molar-refractivity contribution in [3.05, 3.63) is 33.8 Å². The first kappa shape index (κ1) is 24.4. The molecule has 0 spiro atoms. The van der Waals surface area contributed by atoms with E-state index in [1.54, 1.807) is 11.0 Å². The summed E-state index contributed by atoms with van der Waals surface area (Å²) in [7, 11) is 0. The maximum absolute atomic E-state index is 12.6. The van der Waals surface area contributed by atoms with Crippen molar-refractivity contribution in [1.29, 1.82) is 0 Å². The van der Waals surface area contributed by atoms with Crippen LogP contribution in [0.1, 0.15) is 25.3 Å². The van der Waals surface area contributed by atoms with E-state index in [0.29, 0.717) is 54.8 Å². The zero-order chi connectivity index (χ0) is 23.3. The lowest BCUT2D eigenvalue weighted by Gasteiger charge is -2.31. The molecule has 0 saturated carbocycles. The summed E-state index contributed by atoms with van der Waals surface area (Å²) in [4.78, 5) is 39.4. The number of carbonyl (C=O) groups is 3. The first-order valence-electron chi connectivity index (χ1n) is 10.6. The molecule has 2 aliphatic heterocycles. The zero-order valence-electron chi connectivity index (χ0n) is 17.9. The van der Waals surface area contributed by atoms with E-state index in [0.717, 1.165) is 18.8 Å². The van der Waals surface area contributed by atoms with E-state index in [1.807, 2.05) is 12.1 Å². The quantitative estimate of drug-likeness (QED) is 0.603. The highest BCUT2D eigenvalue weighted by molar-refractivity contribution is 6.44. The number of nitrogens with zero attached hydrogens (tertiary/aromatic N) is 2. The summed E-state index contributed by atoms with van der Waals surface area (Å²) in [6.45, 7) is 5.04. The molecule has 1 aromatic rings. The summed E-state index contributed by atoms with van der Waals surface area (Å²) in [5, 5.41) is 12.2. The third-order valence-corrected chi connectivity index (χ3v) is 6.64. The number of carbonyl (C=O) groups excluding carboxylic acids is 2. The van der Waals surface area contributed by atoms with Gasteiger partial charge in [0.15, 0.2) is 0 Å². The van der Waals surface area contributed by atoms with Gasteiger partial charge in [0.25, 0.3) is 0 Å². The van der Waals surface area contributed by atoms with Gasteiger partial charge in [0.05, 0.1) is 28.9 Å². The van der Waals surface area contributed by atoms with Crippen LogP contribution in [0.5, 0.6) is 0 Å². The Labute approximate surface area is 197 Å². The van der Waals surface area contributed by atoms with Crippen LogP contribution in [0.3, 0.4) is 0 Å². The lowest BCUT2D eigenvalue weighted by Crippen LogP contribution is -2.46. The summed E-state index contributed by atoms with van der Waals surface area (Å²) >= 11 is 12.9. The fourth-order valence-electron chi connectivity index (χ4n) is 3.75. The van der Waals surface area contributed by atoms with Crippen LogP contribution in [0.2, 0.25) is 10.0 Å². The van der Waals surface area contributed by atoms with Gasteiger partial charge in [-0.05, 0) is 37.5 Å². The highest BCUT2D eigenvalue weighted by Crippen LogP contribution is 2.36. The number of carboxylic acids is 1. The summed E-state index contributed by atoms with van der Waals surface area (Å²) in [6, 6.07) is 2.80. The average Bonchev–Trinajstić information content (AvgIpc) is 2.80. The van der Waals surface area contributed by atoms with Crippen molar-refractivity contribution in [2.24, 2.45) is 5.92 Å². The number of hydrogen-bond acceptors (Lipinski definition) is 5. The van der Waals surface area contributed by atoms with Crippen LogP contribution in [0.15, 0.2) is 18.2 Å². The van der Waals surface area contributed by atoms with Crippen LogP contribution >= 0.6 is 23.2 Å². The third-order valence-electron chi connectivity index (χ3n) is 5.76. The fraction of sp³-hybridized carbons (Fsp3) is 0.500. The Morgan fingerprint density at radius 3 is 2.41 bits per heavy atom. The van der Waals surface area contributed by atoms with Crippen molar-refractivity contribution in [3.63, 3.8) is 0 Å². The number of amides is 2. The summed E-state index contributed by atoms with van der Waals surface area (Å²) in [6.07, 6.45) is 4.07. The van der Waals surface area contributed by atoms with E-state index in [4.69, 9.17) is 33.0 Å². The van der Waals surface area contributed by atoms with Gasteiger partial charge in [0.2, 0.25) is 11.8 Å². The van der Waals surface area contributed by atoms with Crippen LogP contribution in [-0.2, 0) is 19.1 Å². The van der Waals surface area contributed by atoms with Gasteiger partial charge in [-0.3, -0.25) is 14.4 Å². The van der Waals surface area contributed by atoms with Crippen LogP contribution < -0.4 is 10.2 Å². The van der Waals surface area contributed by atoms with Crippen molar-refractivity contribution in [1.82, 2.24) is 10.2 Å². The van der Waals surface area contributed by atoms with Crippen molar-refractivity contribution in [2.45, 2.75) is 25.8 Å². The minimum absolute atomic E-state index is 0.174. The molecule has 0 bridgehead atoms. The molecule has 0 aliphatic carbocycles. The molecule has 2 saturated heterocycles. The Kier molecular flexibility index (Phi) is 8.39. The number of aliphatic carboxylic acids is 1. The smallest absolute Gasteiger partial charge is 0.325 e. The molecule has 2 heterocycles. The molecule has 1 aromatic carbocycles. The Balaban J connectivity index is 1.56. The van der Waals surface area contributed by atoms with Gasteiger partial charge in [-0.1, -0.05) is 29.3 Å². The van der Waals surface area contributed by atoms with Gasteiger partial charge in [-0.25, -0.2) is 0 Å². The number of ether oxygens (including phenoxy) is 1. The van der Waals surface area contributed by atoms with Crippen molar-refractivity contribution < 1.29 is 24.2 Å². The van der Waals surface area contributed by atoms with Crippen LogP contribution in [-0.4, -0.2) is 73.2 Å². The average molecular weight is 484 g/mol.